The summed E-state index contributed by atoms with van der Waals surface area (Å²) in [7, 11) is 1.31. The molecule has 1 aromatic carbocycles. The van der Waals surface area contributed by atoms with E-state index in [1.54, 1.807) is 45.0 Å². The van der Waals surface area contributed by atoms with E-state index in [9.17, 15) is 18.0 Å². The normalized spacial score (nSPS) is 16.8. The molecule has 0 aliphatic carbocycles. The van der Waals surface area contributed by atoms with Crippen molar-refractivity contribution >= 4 is 21.8 Å². The van der Waals surface area contributed by atoms with Crippen LogP contribution in [0.15, 0.2) is 17.0 Å². The van der Waals surface area contributed by atoms with Crippen molar-refractivity contribution in [2.24, 2.45) is 5.41 Å². The molecule has 1 fully saturated rings. The molecule has 0 N–H and O–H groups in total. The Balaban J connectivity index is 1.87. The van der Waals surface area contributed by atoms with Crippen LogP contribution in [-0.2, 0) is 19.6 Å². The van der Waals surface area contributed by atoms with Gasteiger partial charge >= 0.3 is 0 Å². The highest BCUT2D eigenvalue weighted by Crippen LogP contribution is 2.28. The van der Waals surface area contributed by atoms with Gasteiger partial charge in [0.05, 0.1) is 12.0 Å². The van der Waals surface area contributed by atoms with Crippen molar-refractivity contribution < 1.29 is 22.7 Å². The van der Waals surface area contributed by atoms with E-state index in [0.717, 1.165) is 19.4 Å². The summed E-state index contributed by atoms with van der Waals surface area (Å²) >= 11 is 0. The zero-order chi connectivity index (χ0) is 27.3. The van der Waals surface area contributed by atoms with Crippen molar-refractivity contribution in [1.82, 2.24) is 14.1 Å². The predicted molar refractivity (Wildman–Crippen MR) is 143 cm³/mol. The van der Waals surface area contributed by atoms with Crippen molar-refractivity contribution in [1.29, 1.82) is 0 Å². The summed E-state index contributed by atoms with van der Waals surface area (Å²) in [5, 5.41) is 0. The summed E-state index contributed by atoms with van der Waals surface area (Å²) in [4.78, 5) is 29.5. The SMILES string of the molecule is COc1cc(C)c(S(=O)(=O)N(C)CCCCC(=O)N(C)C2CCCN(C(=O)CC(C)(C)C)C2)c(C)c1. The number of aryl methyl sites for hydroxylation is 2. The van der Waals surface area contributed by atoms with E-state index in [1.165, 1.54) is 4.31 Å². The number of rotatable bonds is 10. The van der Waals surface area contributed by atoms with Crippen LogP contribution in [0.3, 0.4) is 0 Å². The maximum absolute atomic E-state index is 13.2. The second-order valence-electron chi connectivity index (χ2n) is 11.3. The van der Waals surface area contributed by atoms with Crippen LogP contribution in [0.1, 0.15) is 70.4 Å². The molecule has 36 heavy (non-hydrogen) atoms. The van der Waals surface area contributed by atoms with Gasteiger partial charge < -0.3 is 14.5 Å². The van der Waals surface area contributed by atoms with Gasteiger partial charge in [0.1, 0.15) is 5.75 Å². The van der Waals surface area contributed by atoms with Crippen LogP contribution in [0.5, 0.6) is 5.75 Å². The Morgan fingerprint density at radius 2 is 1.72 bits per heavy atom. The number of likely N-dealkylation sites (N-methyl/N-ethyl adjacent to an activating group) is 1. The fraction of sp³-hybridized carbons (Fsp3) is 0.704. The fourth-order valence-corrected chi connectivity index (χ4v) is 6.38. The van der Waals surface area contributed by atoms with E-state index in [4.69, 9.17) is 4.74 Å². The molecule has 0 spiro atoms. The minimum Gasteiger partial charge on any atom is -0.497 e. The maximum atomic E-state index is 13.2. The molecule has 0 saturated carbocycles. The molecule has 2 rings (SSSR count). The standard InChI is InChI=1S/C27H45N3O5S/c1-20-16-23(35-8)17-21(2)26(20)36(33,34)28(6)14-10-9-13-24(31)29(7)22-12-11-15-30(19-22)25(32)18-27(3,4)5/h16-17,22H,9-15,18-19H2,1-8H3. The molecule has 0 radical (unpaired) electrons. The Hall–Kier alpha value is -2.13. The van der Waals surface area contributed by atoms with Gasteiger partial charge in [0.15, 0.2) is 0 Å². The third-order valence-corrected chi connectivity index (χ3v) is 8.99. The highest BCUT2D eigenvalue weighted by atomic mass is 32.2. The summed E-state index contributed by atoms with van der Waals surface area (Å²) in [6.45, 7) is 11.4. The Kier molecular flexibility index (Phi) is 10.4. The topological polar surface area (TPSA) is 87.2 Å². The lowest BCUT2D eigenvalue weighted by Crippen LogP contribution is -2.50. The predicted octanol–water partition coefficient (Wildman–Crippen LogP) is 3.99. The van der Waals surface area contributed by atoms with Crippen LogP contribution >= 0.6 is 0 Å². The Morgan fingerprint density at radius 3 is 2.28 bits per heavy atom. The van der Waals surface area contributed by atoms with Gasteiger partial charge in [-0.25, -0.2) is 12.7 Å². The Morgan fingerprint density at radius 1 is 1.11 bits per heavy atom. The van der Waals surface area contributed by atoms with Crippen LogP contribution in [0.2, 0.25) is 0 Å². The van der Waals surface area contributed by atoms with E-state index in [1.807, 2.05) is 11.9 Å². The number of likely N-dealkylation sites (tertiary alicyclic amines) is 1. The third kappa shape index (κ3) is 7.93. The van der Waals surface area contributed by atoms with Crippen LogP contribution in [0.25, 0.3) is 0 Å². The molecule has 0 bridgehead atoms. The molecule has 2 amide bonds. The number of unbranched alkanes of at least 4 members (excludes halogenated alkanes) is 1. The summed E-state index contributed by atoms with van der Waals surface area (Å²) in [5.41, 5.74) is 1.24. The smallest absolute Gasteiger partial charge is 0.243 e. The van der Waals surface area contributed by atoms with Crippen molar-refractivity contribution in [3.8, 4) is 5.75 Å². The number of sulfonamides is 1. The van der Waals surface area contributed by atoms with Crippen LogP contribution < -0.4 is 4.74 Å². The van der Waals surface area contributed by atoms with E-state index >= 15 is 0 Å². The first kappa shape index (κ1) is 30.1. The molecule has 1 aromatic rings. The summed E-state index contributed by atoms with van der Waals surface area (Å²) in [6.07, 6.45) is 3.84. The molecule has 1 aliphatic heterocycles. The maximum Gasteiger partial charge on any atom is 0.243 e. The van der Waals surface area contributed by atoms with E-state index in [0.29, 0.717) is 60.5 Å². The number of benzene rings is 1. The molecule has 1 unspecified atom stereocenters. The number of amides is 2. The number of carbonyl (C=O) groups excluding carboxylic acids is 2. The van der Waals surface area contributed by atoms with Gasteiger partial charge in [-0.05, 0) is 68.2 Å². The quantitative estimate of drug-likeness (QED) is 0.433. The molecule has 1 saturated heterocycles. The monoisotopic (exact) mass is 523 g/mol. The minimum atomic E-state index is -3.64. The van der Waals surface area contributed by atoms with Crippen molar-refractivity contribution in [2.45, 2.75) is 84.1 Å². The third-order valence-electron chi connectivity index (χ3n) is 6.82. The van der Waals surface area contributed by atoms with Gasteiger partial charge in [-0.3, -0.25) is 9.59 Å². The molecule has 204 valence electrons. The average Bonchev–Trinajstić information content (AvgIpc) is 2.79. The van der Waals surface area contributed by atoms with E-state index in [2.05, 4.69) is 20.8 Å². The first-order valence-electron chi connectivity index (χ1n) is 12.8. The number of hydrogen-bond acceptors (Lipinski definition) is 5. The lowest BCUT2D eigenvalue weighted by Gasteiger charge is -2.38. The fourth-order valence-electron chi connectivity index (χ4n) is 4.76. The Labute approximate surface area is 218 Å². The number of ether oxygens (including phenoxy) is 1. The molecule has 9 heteroatoms. The second kappa shape index (κ2) is 12.4. The minimum absolute atomic E-state index is 0.0271. The molecule has 8 nitrogen and oxygen atoms in total. The molecule has 1 aliphatic rings. The summed E-state index contributed by atoms with van der Waals surface area (Å²) in [6, 6.07) is 3.48. The van der Waals surface area contributed by atoms with Gasteiger partial charge in [0.2, 0.25) is 21.8 Å². The average molecular weight is 524 g/mol. The first-order valence-corrected chi connectivity index (χ1v) is 14.3. The number of nitrogens with zero attached hydrogens (tertiary/aromatic N) is 3. The van der Waals surface area contributed by atoms with Gasteiger partial charge in [-0.1, -0.05) is 20.8 Å². The van der Waals surface area contributed by atoms with Gasteiger partial charge in [0.25, 0.3) is 0 Å². The zero-order valence-corrected chi connectivity index (χ0v) is 24.2. The molecule has 0 aromatic heterocycles. The molecule has 1 atom stereocenters. The molecular weight excluding hydrogens is 478 g/mol. The highest BCUT2D eigenvalue weighted by molar-refractivity contribution is 7.89. The largest absolute Gasteiger partial charge is 0.497 e. The van der Waals surface area contributed by atoms with E-state index in [-0.39, 0.29) is 23.3 Å². The lowest BCUT2D eigenvalue weighted by molar-refractivity contribution is -0.139. The number of methoxy groups -OCH3 is 1. The summed E-state index contributed by atoms with van der Waals surface area (Å²) < 4.78 is 32.9. The van der Waals surface area contributed by atoms with Gasteiger partial charge in [-0.15, -0.1) is 0 Å². The number of piperidine rings is 1. The van der Waals surface area contributed by atoms with Gasteiger partial charge in [-0.2, -0.15) is 0 Å². The number of carbonyl (C=O) groups is 2. The first-order chi connectivity index (χ1) is 16.7. The zero-order valence-electron chi connectivity index (χ0n) is 23.4. The van der Waals surface area contributed by atoms with Crippen LogP contribution in [-0.4, -0.2) is 81.2 Å². The highest BCUT2D eigenvalue weighted by Gasteiger charge is 2.30. The molecular formula is C27H45N3O5S. The van der Waals surface area contributed by atoms with Crippen LogP contribution in [0, 0.1) is 19.3 Å². The Bertz CT molecular complexity index is 1010. The van der Waals surface area contributed by atoms with Crippen molar-refractivity contribution in [3.05, 3.63) is 23.3 Å². The second-order valence-corrected chi connectivity index (χ2v) is 13.2. The van der Waals surface area contributed by atoms with Crippen LogP contribution in [0.4, 0.5) is 0 Å². The van der Waals surface area contributed by atoms with Crippen molar-refractivity contribution in [2.75, 3.05) is 40.8 Å². The lowest BCUT2D eigenvalue weighted by atomic mass is 9.91. The van der Waals surface area contributed by atoms with Gasteiger partial charge in [0, 0.05) is 52.6 Å². The number of hydrogen-bond donors (Lipinski definition) is 0. The van der Waals surface area contributed by atoms with Crippen molar-refractivity contribution in [3.63, 3.8) is 0 Å². The van der Waals surface area contributed by atoms with E-state index < -0.39 is 10.0 Å². The molecule has 1 heterocycles. The summed E-state index contributed by atoms with van der Waals surface area (Å²) in [5.74, 6) is 0.825.